The van der Waals surface area contributed by atoms with Crippen molar-refractivity contribution in [3.63, 3.8) is 0 Å². The van der Waals surface area contributed by atoms with E-state index in [9.17, 15) is 14.0 Å². The smallest absolute Gasteiger partial charge is 0.261 e. The van der Waals surface area contributed by atoms with Crippen LogP contribution in [0.3, 0.4) is 0 Å². The first-order valence-electron chi connectivity index (χ1n) is 11.0. The number of anilines is 1. The van der Waals surface area contributed by atoms with E-state index in [1.807, 2.05) is 35.8 Å². The molecular weight excluding hydrogens is 457 g/mol. The zero-order chi connectivity index (χ0) is 24.5. The molecule has 0 bridgehead atoms. The summed E-state index contributed by atoms with van der Waals surface area (Å²) in [6.07, 6.45) is 0.266. The molecule has 1 aromatic heterocycles. The fraction of sp³-hybridized carbons (Fsp3) is 0.333. The van der Waals surface area contributed by atoms with Gasteiger partial charge in [0.2, 0.25) is 5.91 Å². The quantitative estimate of drug-likeness (QED) is 0.401. The van der Waals surface area contributed by atoms with Gasteiger partial charge in [-0.05, 0) is 62.2 Å². The number of aryl methyl sites for hydroxylation is 1. The van der Waals surface area contributed by atoms with Gasteiger partial charge in [0.05, 0.1) is 12.3 Å². The summed E-state index contributed by atoms with van der Waals surface area (Å²) >= 11 is 1.23. The summed E-state index contributed by atoms with van der Waals surface area (Å²) < 4.78 is 20.6. The highest BCUT2D eigenvalue weighted by Gasteiger charge is 2.18. The van der Waals surface area contributed by atoms with Gasteiger partial charge in [-0.2, -0.15) is 0 Å². The molecule has 0 aliphatic carbocycles. The van der Waals surface area contributed by atoms with Crippen LogP contribution in [0.15, 0.2) is 53.7 Å². The van der Waals surface area contributed by atoms with Gasteiger partial charge in [-0.3, -0.25) is 9.59 Å². The highest BCUT2D eigenvalue weighted by molar-refractivity contribution is 7.99. The van der Waals surface area contributed by atoms with Gasteiger partial charge < -0.3 is 19.9 Å². The average molecular weight is 486 g/mol. The summed E-state index contributed by atoms with van der Waals surface area (Å²) in [5.41, 5.74) is 1.72. The van der Waals surface area contributed by atoms with Gasteiger partial charge in [0.25, 0.3) is 5.91 Å². The Morgan fingerprint density at radius 3 is 2.44 bits per heavy atom. The van der Waals surface area contributed by atoms with Gasteiger partial charge in [0.15, 0.2) is 17.1 Å². The van der Waals surface area contributed by atoms with Gasteiger partial charge in [0.1, 0.15) is 11.6 Å². The topological polar surface area (TPSA) is 98.1 Å². The van der Waals surface area contributed by atoms with Gasteiger partial charge in [0, 0.05) is 12.2 Å². The van der Waals surface area contributed by atoms with Crippen LogP contribution in [-0.4, -0.2) is 38.4 Å². The highest BCUT2D eigenvalue weighted by atomic mass is 32.2. The Labute approximate surface area is 202 Å². The van der Waals surface area contributed by atoms with Crippen molar-refractivity contribution in [3.05, 3.63) is 65.7 Å². The maximum atomic E-state index is 13.0. The van der Waals surface area contributed by atoms with Gasteiger partial charge in [-0.25, -0.2) is 4.39 Å². The van der Waals surface area contributed by atoms with Crippen LogP contribution in [0.2, 0.25) is 0 Å². The van der Waals surface area contributed by atoms with Crippen LogP contribution in [-0.2, 0) is 29.1 Å². The van der Waals surface area contributed by atoms with Crippen LogP contribution in [0.1, 0.15) is 32.2 Å². The molecule has 180 valence electrons. The van der Waals surface area contributed by atoms with E-state index >= 15 is 0 Å². The third kappa shape index (κ3) is 7.05. The second-order valence-corrected chi connectivity index (χ2v) is 8.40. The number of ether oxygens (including phenoxy) is 1. The molecule has 3 aromatic rings. The lowest BCUT2D eigenvalue weighted by Crippen LogP contribution is -2.36. The largest absolute Gasteiger partial charge is 0.481 e. The molecular formula is C24H28FN5O3S. The molecule has 8 nitrogen and oxygen atoms in total. The number of aromatic nitrogens is 3. The highest BCUT2D eigenvalue weighted by Crippen LogP contribution is 2.18. The molecule has 0 unspecified atom stereocenters. The molecule has 0 saturated heterocycles. The lowest BCUT2D eigenvalue weighted by molar-refractivity contribution is -0.127. The van der Waals surface area contributed by atoms with Crippen LogP contribution in [0.25, 0.3) is 0 Å². The number of rotatable bonds is 11. The third-order valence-corrected chi connectivity index (χ3v) is 5.97. The summed E-state index contributed by atoms with van der Waals surface area (Å²) in [5, 5.41) is 14.4. The van der Waals surface area contributed by atoms with E-state index in [0.717, 1.165) is 6.42 Å². The van der Waals surface area contributed by atoms with Crippen LogP contribution >= 0.6 is 11.8 Å². The van der Waals surface area contributed by atoms with Gasteiger partial charge >= 0.3 is 0 Å². The Morgan fingerprint density at radius 1 is 1.09 bits per heavy atom. The predicted octanol–water partition coefficient (Wildman–Crippen LogP) is 3.81. The molecule has 0 aliphatic heterocycles. The molecule has 2 N–H and O–H groups in total. The zero-order valence-electron chi connectivity index (χ0n) is 19.4. The third-order valence-electron chi connectivity index (χ3n) is 5.00. The van der Waals surface area contributed by atoms with Crippen LogP contribution in [0.5, 0.6) is 5.75 Å². The van der Waals surface area contributed by atoms with E-state index in [1.54, 1.807) is 6.92 Å². The predicted molar refractivity (Wildman–Crippen MR) is 129 cm³/mol. The van der Waals surface area contributed by atoms with Crippen molar-refractivity contribution in [2.75, 3.05) is 11.1 Å². The first-order chi connectivity index (χ1) is 16.4. The molecule has 0 spiro atoms. The van der Waals surface area contributed by atoms with Crippen molar-refractivity contribution in [2.24, 2.45) is 0 Å². The number of carbonyl (C=O) groups is 2. The first kappa shape index (κ1) is 25.2. The zero-order valence-corrected chi connectivity index (χ0v) is 20.2. The number of nitrogens with zero attached hydrogens (tertiary/aromatic N) is 3. The van der Waals surface area contributed by atoms with E-state index in [-0.39, 0.29) is 29.9 Å². The van der Waals surface area contributed by atoms with Gasteiger partial charge in [-0.1, -0.05) is 30.8 Å². The molecule has 0 saturated carbocycles. The number of amides is 2. The lowest BCUT2D eigenvalue weighted by atomic mass is 10.2. The fourth-order valence-corrected chi connectivity index (χ4v) is 3.93. The summed E-state index contributed by atoms with van der Waals surface area (Å²) in [4.78, 5) is 24.7. The first-order valence-corrected chi connectivity index (χ1v) is 12.0. The Bertz CT molecular complexity index is 1100. The fourth-order valence-electron chi connectivity index (χ4n) is 3.11. The molecule has 1 atom stereocenters. The molecule has 2 amide bonds. The molecule has 0 fully saturated rings. The lowest BCUT2D eigenvalue weighted by Gasteiger charge is -2.15. The van der Waals surface area contributed by atoms with Crippen molar-refractivity contribution in [1.82, 2.24) is 20.1 Å². The number of hydrogen-bond acceptors (Lipinski definition) is 6. The number of thioether (sulfide) groups is 1. The Balaban J connectivity index is 1.50. The van der Waals surface area contributed by atoms with E-state index in [2.05, 4.69) is 27.8 Å². The molecule has 2 aromatic carbocycles. The Morgan fingerprint density at radius 2 is 1.79 bits per heavy atom. The van der Waals surface area contributed by atoms with Crippen molar-refractivity contribution in [1.29, 1.82) is 0 Å². The van der Waals surface area contributed by atoms with Crippen LogP contribution in [0, 0.1) is 5.82 Å². The Hall–Kier alpha value is -3.40. The van der Waals surface area contributed by atoms with E-state index in [0.29, 0.717) is 29.0 Å². The van der Waals surface area contributed by atoms with Crippen molar-refractivity contribution >= 4 is 29.3 Å². The molecule has 10 heteroatoms. The number of hydrogen-bond donors (Lipinski definition) is 2. The second-order valence-electron chi connectivity index (χ2n) is 7.46. The number of carbonyl (C=O) groups excluding carboxylic acids is 2. The van der Waals surface area contributed by atoms with E-state index in [1.165, 1.54) is 41.6 Å². The SMILES string of the molecule is CCc1ccc(O[C@H](C)C(=O)NCc2nnc(SCC(=O)Nc3ccc(F)cc3)n2CC)cc1. The van der Waals surface area contributed by atoms with Crippen molar-refractivity contribution < 1.29 is 18.7 Å². The molecule has 3 rings (SSSR count). The van der Waals surface area contributed by atoms with E-state index in [4.69, 9.17) is 4.74 Å². The summed E-state index contributed by atoms with van der Waals surface area (Å²) in [6.45, 7) is 6.46. The van der Waals surface area contributed by atoms with Crippen molar-refractivity contribution in [2.45, 2.75) is 51.5 Å². The standard InChI is InChI=1S/C24H28FN5O3S/c1-4-17-6-12-20(13-7-17)33-16(3)23(32)26-14-21-28-29-24(30(21)5-2)34-15-22(31)27-19-10-8-18(25)9-11-19/h6-13,16H,4-5,14-15H2,1-3H3,(H,26,32)(H,27,31)/t16-/m1/s1. The molecule has 0 aliphatic rings. The minimum absolute atomic E-state index is 0.115. The number of halogens is 1. The summed E-state index contributed by atoms with van der Waals surface area (Å²) in [7, 11) is 0. The summed E-state index contributed by atoms with van der Waals surface area (Å²) in [6, 6.07) is 13.2. The molecule has 0 radical (unpaired) electrons. The monoisotopic (exact) mass is 485 g/mol. The second kappa shape index (κ2) is 12.2. The van der Waals surface area contributed by atoms with Crippen LogP contribution < -0.4 is 15.4 Å². The maximum Gasteiger partial charge on any atom is 0.261 e. The summed E-state index contributed by atoms with van der Waals surface area (Å²) in [5.74, 6) is 0.456. The van der Waals surface area contributed by atoms with E-state index < -0.39 is 6.10 Å². The van der Waals surface area contributed by atoms with Gasteiger partial charge in [-0.15, -0.1) is 10.2 Å². The minimum Gasteiger partial charge on any atom is -0.481 e. The molecule has 34 heavy (non-hydrogen) atoms. The molecule has 1 heterocycles. The average Bonchev–Trinajstić information content (AvgIpc) is 3.24. The minimum atomic E-state index is -0.672. The van der Waals surface area contributed by atoms with Crippen LogP contribution in [0.4, 0.5) is 10.1 Å². The normalized spacial score (nSPS) is 11.6. The maximum absolute atomic E-state index is 13.0. The Kier molecular flexibility index (Phi) is 9.03. The number of benzene rings is 2. The van der Waals surface area contributed by atoms with Crippen molar-refractivity contribution in [3.8, 4) is 5.75 Å². The number of nitrogens with one attached hydrogen (secondary N) is 2.